The second kappa shape index (κ2) is 21.7. The van der Waals surface area contributed by atoms with E-state index in [1.54, 1.807) is 0 Å². The van der Waals surface area contributed by atoms with Gasteiger partial charge in [0, 0.05) is 66.5 Å². The van der Waals surface area contributed by atoms with E-state index >= 15 is 0 Å². The summed E-state index contributed by atoms with van der Waals surface area (Å²) in [7, 11) is 0. The van der Waals surface area contributed by atoms with Gasteiger partial charge in [0.15, 0.2) is 0 Å². The Bertz CT molecular complexity index is 3090. The largest absolute Gasteiger partial charge is 0.354 e. The van der Waals surface area contributed by atoms with Crippen molar-refractivity contribution in [1.82, 2.24) is 19.9 Å². The maximum atomic E-state index is 4.17. The summed E-state index contributed by atoms with van der Waals surface area (Å²) in [4.78, 5) is 16.7. The van der Waals surface area contributed by atoms with E-state index in [1.165, 1.54) is 111 Å². The first-order valence-electron chi connectivity index (χ1n) is 28.0. The number of rotatable bonds is 16. The van der Waals surface area contributed by atoms with Gasteiger partial charge in [-0.2, -0.15) is 0 Å². The molecule has 0 radical (unpaired) electrons. The van der Waals surface area contributed by atoms with Gasteiger partial charge in [-0.15, -0.1) is 0 Å². The molecule has 1 aliphatic heterocycles. The molecule has 4 N–H and O–H groups in total. The molecule has 0 fully saturated rings. The quantitative estimate of drug-likeness (QED) is 0.0746. The Kier molecular flexibility index (Phi) is 15.2. The van der Waals surface area contributed by atoms with E-state index < -0.39 is 0 Å². The van der Waals surface area contributed by atoms with Gasteiger partial charge < -0.3 is 19.9 Å². The van der Waals surface area contributed by atoms with Gasteiger partial charge in [0.1, 0.15) is 0 Å². The van der Waals surface area contributed by atoms with Gasteiger partial charge in [0.25, 0.3) is 0 Å². The highest BCUT2D eigenvalue weighted by atomic mass is 14.8. The second-order valence-corrected chi connectivity index (χ2v) is 19.8. The predicted molar refractivity (Wildman–Crippen MR) is 306 cm³/mol. The van der Waals surface area contributed by atoms with Crippen LogP contribution >= 0.6 is 0 Å². The maximum Gasteiger partial charge on any atom is 0.0486 e. The topological polar surface area (TPSA) is 63.2 Å². The van der Waals surface area contributed by atoms with E-state index in [0.29, 0.717) is 0 Å². The van der Waals surface area contributed by atoms with Crippen LogP contribution in [0.5, 0.6) is 0 Å². The van der Waals surface area contributed by atoms with Crippen molar-refractivity contribution in [2.75, 3.05) is 0 Å². The van der Waals surface area contributed by atoms with Gasteiger partial charge in [-0.1, -0.05) is 132 Å². The minimum atomic E-state index is 0.953. The van der Waals surface area contributed by atoms with Crippen LogP contribution in [0.15, 0.2) is 97.1 Å². The molecule has 0 amide bonds. The lowest BCUT2D eigenvalue weighted by Gasteiger charge is -2.20. The molecule has 0 spiro atoms. The van der Waals surface area contributed by atoms with Gasteiger partial charge in [-0.3, -0.25) is 0 Å². The van der Waals surface area contributed by atoms with Crippen LogP contribution < -0.4 is 21.4 Å². The van der Waals surface area contributed by atoms with Crippen LogP contribution in [0.25, 0.3) is 22.3 Å². The number of H-pyrrole nitrogens is 4. The molecule has 0 saturated heterocycles. The highest BCUT2D eigenvalue weighted by Gasteiger charge is 2.25. The van der Waals surface area contributed by atoms with Crippen LogP contribution in [0, 0.1) is 0 Å². The van der Waals surface area contributed by atoms with Crippen molar-refractivity contribution in [3.8, 4) is 0 Å². The van der Waals surface area contributed by atoms with Crippen molar-refractivity contribution < 1.29 is 0 Å². The molecule has 0 saturated carbocycles. The monoisotopic (exact) mass is 953 g/mol. The fourth-order valence-electron chi connectivity index (χ4n) is 13.1. The fourth-order valence-corrected chi connectivity index (χ4v) is 13.1. The van der Waals surface area contributed by atoms with Crippen LogP contribution in [0.1, 0.15) is 195 Å². The summed E-state index contributed by atoms with van der Waals surface area (Å²) >= 11 is 0. The zero-order chi connectivity index (χ0) is 50.8. The molecule has 8 bridgehead atoms. The number of aryl methyl sites for hydroxylation is 4. The Labute approximate surface area is 430 Å². The first-order chi connectivity index (χ1) is 35.2. The standard InChI is InChI=1S/C68H80N4/c1-13-41-25-29-53(49(21-9)45(41)17-5)65-57-33-35-59(69-57)66(54-30-26-42(14-2)46(18-6)50(54)22-10)61-37-39-63(71-61)68(56-32-28-44(16-4)48(20-8)52(56)24-12)64-40-38-62(72-64)67(60-36-34-58(65)70-60)55-31-27-43(15-3)47(19-7)51(55)23-11/h25-40,69-72H,13-24H2,1-12H3. The molecule has 5 heterocycles. The minimum absolute atomic E-state index is 0.953. The number of hydrogen-bond acceptors (Lipinski definition) is 0. The van der Waals surface area contributed by atoms with E-state index in [1.807, 2.05) is 0 Å². The van der Waals surface area contributed by atoms with Crippen LogP contribution in [0.3, 0.4) is 0 Å². The van der Waals surface area contributed by atoms with Crippen molar-refractivity contribution in [3.63, 3.8) is 0 Å². The Morgan fingerprint density at radius 2 is 0.417 bits per heavy atom. The zero-order valence-electron chi connectivity index (χ0n) is 45.7. The number of benzene rings is 4. The van der Waals surface area contributed by atoms with Gasteiger partial charge in [0.2, 0.25) is 0 Å². The number of nitrogens with one attached hydrogen (secondary N) is 4. The molecular weight excluding hydrogens is 873 g/mol. The summed E-state index contributed by atoms with van der Waals surface area (Å²) in [6.45, 7) is 27.8. The molecular formula is C68H80N4. The number of fused-ring (bicyclic) bond motifs is 8. The average Bonchev–Trinajstić information content (AvgIpc) is 4.28. The molecule has 1 aliphatic rings. The van der Waals surface area contributed by atoms with E-state index in [2.05, 4.69) is 200 Å². The van der Waals surface area contributed by atoms with Crippen molar-refractivity contribution in [2.45, 2.75) is 160 Å². The van der Waals surface area contributed by atoms with Crippen molar-refractivity contribution in [1.29, 1.82) is 0 Å². The van der Waals surface area contributed by atoms with E-state index in [0.717, 1.165) is 121 Å². The first kappa shape index (κ1) is 50.4. The lowest BCUT2D eigenvalue weighted by molar-refractivity contribution is 0.973. The van der Waals surface area contributed by atoms with E-state index in [-0.39, 0.29) is 0 Å². The summed E-state index contributed by atoms with van der Waals surface area (Å²) < 4.78 is 0. The molecule has 8 aromatic rings. The minimum Gasteiger partial charge on any atom is -0.354 e. The van der Waals surface area contributed by atoms with Crippen LogP contribution in [0.4, 0.5) is 0 Å². The number of aromatic amines is 4. The number of hydrogen-bond donors (Lipinski definition) is 4. The summed E-state index contributed by atoms with van der Waals surface area (Å²) in [5.41, 5.74) is 31.8. The van der Waals surface area contributed by atoms with Gasteiger partial charge in [-0.25, -0.2) is 0 Å². The highest BCUT2D eigenvalue weighted by molar-refractivity contribution is 5.87. The van der Waals surface area contributed by atoms with Crippen molar-refractivity contribution >= 4 is 22.3 Å². The third-order valence-electron chi connectivity index (χ3n) is 16.4. The van der Waals surface area contributed by atoms with Crippen LogP contribution in [-0.4, -0.2) is 19.9 Å². The smallest absolute Gasteiger partial charge is 0.0486 e. The van der Waals surface area contributed by atoms with Crippen LogP contribution in [0.2, 0.25) is 0 Å². The molecule has 4 aromatic heterocycles. The van der Waals surface area contributed by atoms with E-state index in [9.17, 15) is 0 Å². The average molecular weight is 953 g/mol. The van der Waals surface area contributed by atoms with Gasteiger partial charge >= 0.3 is 0 Å². The first-order valence-corrected chi connectivity index (χ1v) is 28.0. The Morgan fingerprint density at radius 1 is 0.208 bits per heavy atom. The molecule has 9 rings (SSSR count). The molecule has 4 heteroatoms. The maximum absolute atomic E-state index is 4.17. The second-order valence-electron chi connectivity index (χ2n) is 19.8. The van der Waals surface area contributed by atoms with Crippen molar-refractivity contribution in [3.05, 3.63) is 230 Å². The summed E-state index contributed by atoms with van der Waals surface area (Å²) in [6, 6.07) is 38.0. The fraction of sp³-hybridized carbons (Fsp3) is 0.353. The summed E-state index contributed by atoms with van der Waals surface area (Å²) in [5, 5.41) is 4.43. The van der Waals surface area contributed by atoms with Gasteiger partial charge in [-0.05, 0) is 215 Å². The number of aromatic nitrogens is 4. The van der Waals surface area contributed by atoms with E-state index in [4.69, 9.17) is 0 Å². The third-order valence-corrected chi connectivity index (χ3v) is 16.4. The molecule has 0 unspecified atom stereocenters. The summed E-state index contributed by atoms with van der Waals surface area (Å²) in [5.74, 6) is 0. The lowest BCUT2D eigenvalue weighted by Crippen LogP contribution is -2.20. The predicted octanol–water partition coefficient (Wildman–Crippen LogP) is 13.1. The van der Waals surface area contributed by atoms with Gasteiger partial charge in [0.05, 0.1) is 0 Å². The van der Waals surface area contributed by atoms with Crippen LogP contribution in [-0.2, 0) is 77.0 Å². The Balaban J connectivity index is 1.51. The molecule has 0 aliphatic carbocycles. The normalized spacial score (nSPS) is 12.7. The zero-order valence-corrected chi connectivity index (χ0v) is 45.7. The Morgan fingerprint density at radius 3 is 0.597 bits per heavy atom. The Hall–Kier alpha value is -6.52. The lowest BCUT2D eigenvalue weighted by atomic mass is 9.87. The van der Waals surface area contributed by atoms with Crippen molar-refractivity contribution in [2.24, 2.45) is 0 Å². The highest BCUT2D eigenvalue weighted by Crippen LogP contribution is 2.36. The third kappa shape index (κ3) is 8.63. The molecule has 4 aromatic carbocycles. The molecule has 4 nitrogen and oxygen atoms in total. The summed E-state index contributed by atoms with van der Waals surface area (Å²) in [6.07, 6.45) is 11.9. The SMILES string of the molecule is CCc1ccc(C2=c3ccc([nH]3)=C(c3ccc(CC)c(CC)c3CC)c3ccc([nH]3)C(c3ccc(CC)c(CC)c3CC)=c3ccc([nH]3)=C(c3ccc(CC)c(CC)c3CC)c3ccc2[nH]3)c(CC)c1CC. The molecule has 0 atom stereocenters. The molecule has 72 heavy (non-hydrogen) atoms. The molecule has 372 valence electrons.